The first-order valence-corrected chi connectivity index (χ1v) is 20.5. The third-order valence-corrected chi connectivity index (χ3v) is 15.9. The van der Waals surface area contributed by atoms with Gasteiger partial charge < -0.3 is 8.98 Å². The van der Waals surface area contributed by atoms with Crippen LogP contribution < -0.4 is 4.72 Å². The monoisotopic (exact) mass is 652 g/mol. The van der Waals surface area contributed by atoms with E-state index in [1.165, 1.54) is 18.0 Å². The first-order valence-electron chi connectivity index (χ1n) is 13.3. The smallest absolute Gasteiger partial charge is 0.192 e. The molecule has 224 valence electrons. The van der Waals surface area contributed by atoms with Crippen LogP contribution in [0.15, 0.2) is 69.5 Å². The Balaban J connectivity index is 2.01. The first-order chi connectivity index (χ1) is 18.8. The maximum atomic E-state index is 12.9. The predicted octanol–water partition coefficient (Wildman–Crippen LogP) is 8.03. The van der Waals surface area contributed by atoms with E-state index in [4.69, 9.17) is 16.0 Å². The van der Waals surface area contributed by atoms with Crippen LogP contribution in [0.3, 0.4) is 0 Å². The molecule has 0 bridgehead atoms. The number of hydrogen-bond donors (Lipinski definition) is 1. The molecule has 0 amide bonds. The van der Waals surface area contributed by atoms with E-state index < -0.39 is 34.3 Å². The van der Waals surface area contributed by atoms with Crippen LogP contribution in [0.2, 0.25) is 23.2 Å². The fourth-order valence-electron chi connectivity index (χ4n) is 3.51. The number of nitrogens with one attached hydrogen (secondary N) is 1. The highest BCUT2D eigenvalue weighted by Crippen LogP contribution is 2.41. The van der Waals surface area contributed by atoms with E-state index in [1.807, 2.05) is 45.0 Å². The fraction of sp³-hybridized carbons (Fsp3) is 0.433. The van der Waals surface area contributed by atoms with Crippen molar-refractivity contribution in [2.45, 2.75) is 92.4 Å². The minimum atomic E-state index is -3.31. The highest BCUT2D eigenvalue weighted by atomic mass is 35.5. The van der Waals surface area contributed by atoms with Gasteiger partial charge >= 0.3 is 0 Å². The van der Waals surface area contributed by atoms with Crippen molar-refractivity contribution in [1.82, 2.24) is 9.71 Å². The van der Waals surface area contributed by atoms with E-state index in [0.29, 0.717) is 18.2 Å². The van der Waals surface area contributed by atoms with Gasteiger partial charge in [-0.1, -0.05) is 62.3 Å². The molecular weight excluding hydrogens is 612 g/mol. The lowest BCUT2D eigenvalue weighted by atomic mass is 10.0. The van der Waals surface area contributed by atoms with Crippen molar-refractivity contribution in [3.63, 3.8) is 0 Å². The van der Waals surface area contributed by atoms with Gasteiger partial charge in [-0.25, -0.2) is 13.4 Å². The van der Waals surface area contributed by atoms with Crippen molar-refractivity contribution in [2.75, 3.05) is 6.26 Å². The molecule has 0 radical (unpaired) electrons. The minimum Gasteiger partial charge on any atom is -0.598 e. The van der Waals surface area contributed by atoms with E-state index in [2.05, 4.69) is 43.6 Å². The van der Waals surface area contributed by atoms with Crippen molar-refractivity contribution < 1.29 is 17.4 Å². The van der Waals surface area contributed by atoms with Crippen LogP contribution in [0.4, 0.5) is 0 Å². The lowest BCUT2D eigenvalue weighted by Gasteiger charge is -2.36. The molecule has 0 saturated heterocycles. The molecule has 0 aliphatic rings. The van der Waals surface area contributed by atoms with Gasteiger partial charge in [0.15, 0.2) is 18.2 Å². The molecule has 6 nitrogen and oxygen atoms in total. The quantitative estimate of drug-likeness (QED) is 0.175. The maximum Gasteiger partial charge on any atom is 0.192 e. The molecule has 3 aromatic rings. The second kappa shape index (κ2) is 13.1. The van der Waals surface area contributed by atoms with Gasteiger partial charge in [-0.3, -0.25) is 0 Å². The van der Waals surface area contributed by atoms with E-state index in [-0.39, 0.29) is 9.93 Å². The molecule has 0 aliphatic heterocycles. The van der Waals surface area contributed by atoms with Gasteiger partial charge in [-0.05, 0) is 85.9 Å². The summed E-state index contributed by atoms with van der Waals surface area (Å²) in [4.78, 5) is 5.74. The highest BCUT2D eigenvalue weighted by molar-refractivity contribution is 7.99. The van der Waals surface area contributed by atoms with E-state index in [1.54, 1.807) is 30.5 Å². The number of benzene rings is 2. The summed E-state index contributed by atoms with van der Waals surface area (Å²) in [5.74, 6) is 0. The Hall–Kier alpha value is -1.37. The van der Waals surface area contributed by atoms with Crippen molar-refractivity contribution in [2.24, 2.45) is 0 Å². The molecule has 41 heavy (non-hydrogen) atoms. The topological polar surface area (TPSA) is 91.3 Å². The second-order valence-corrected chi connectivity index (χ2v) is 22.8. The van der Waals surface area contributed by atoms with E-state index >= 15 is 0 Å². The summed E-state index contributed by atoms with van der Waals surface area (Å²) in [6, 6.07) is 14.5. The van der Waals surface area contributed by atoms with Crippen molar-refractivity contribution >= 4 is 52.9 Å². The molecule has 0 aliphatic carbocycles. The number of pyridine rings is 1. The van der Waals surface area contributed by atoms with Gasteiger partial charge in [-0.2, -0.15) is 0 Å². The van der Waals surface area contributed by atoms with Gasteiger partial charge in [0.05, 0.1) is 23.1 Å². The van der Waals surface area contributed by atoms with Gasteiger partial charge in [0.25, 0.3) is 0 Å². The Morgan fingerprint density at radius 1 is 1.02 bits per heavy atom. The molecule has 1 aromatic heterocycles. The third-order valence-electron chi connectivity index (χ3n) is 7.13. The van der Waals surface area contributed by atoms with Crippen LogP contribution in [0.5, 0.6) is 0 Å². The van der Waals surface area contributed by atoms with Crippen molar-refractivity contribution in [1.29, 1.82) is 0 Å². The molecule has 1 atom stereocenters. The van der Waals surface area contributed by atoms with Crippen molar-refractivity contribution in [3.05, 3.63) is 70.9 Å². The SMILES string of the molecule is CC(C)(C)[S+]([O-])NCc1cc(-c2ccc(S(C)(=O)=O)cc2)cc(Cl)c1Sc1ncccc1CO[Si](C)(C)C(C)(C)C. The Morgan fingerprint density at radius 3 is 2.22 bits per heavy atom. The summed E-state index contributed by atoms with van der Waals surface area (Å²) >= 11 is 7.11. The summed E-state index contributed by atoms with van der Waals surface area (Å²) < 4.78 is 46.0. The summed E-state index contributed by atoms with van der Waals surface area (Å²) in [6.45, 7) is 17.6. The minimum absolute atomic E-state index is 0.0860. The zero-order valence-corrected chi connectivity index (χ0v) is 29.5. The number of sulfone groups is 1. The average molecular weight is 653 g/mol. The summed E-state index contributed by atoms with van der Waals surface area (Å²) in [5.41, 5.74) is 3.51. The standard InChI is InChI=1S/C30H41ClN2O4S3Si/c1-29(2,3)39(34)33-19-24-17-23(21-12-14-25(15-13-21)40(7,35)36)18-26(31)27(24)38-28-22(11-10-16-32-28)20-37-41(8,9)30(4,5)6/h10-18,33H,19-20H2,1-9H3. The normalized spacial score (nSPS) is 13.8. The lowest BCUT2D eigenvalue weighted by Crippen LogP contribution is -2.40. The van der Waals surface area contributed by atoms with Gasteiger partial charge in [-0.15, -0.1) is 4.72 Å². The van der Waals surface area contributed by atoms with E-state index in [0.717, 1.165) is 32.2 Å². The fourth-order valence-corrected chi connectivity index (χ4v) is 7.15. The van der Waals surface area contributed by atoms with Gasteiger partial charge in [0.2, 0.25) is 0 Å². The van der Waals surface area contributed by atoms with Crippen LogP contribution in [-0.4, -0.2) is 37.3 Å². The molecule has 11 heteroatoms. The summed E-state index contributed by atoms with van der Waals surface area (Å²) in [7, 11) is -5.28. The first kappa shape index (κ1) is 34.1. The summed E-state index contributed by atoms with van der Waals surface area (Å²) in [6.07, 6.45) is 2.95. The lowest BCUT2D eigenvalue weighted by molar-refractivity contribution is 0.273. The molecule has 0 fully saturated rings. The number of aromatic nitrogens is 1. The molecule has 3 rings (SSSR count). The molecule has 1 heterocycles. The van der Waals surface area contributed by atoms with Crippen LogP contribution in [0.25, 0.3) is 11.1 Å². The van der Waals surface area contributed by atoms with Crippen LogP contribution in [-0.2, 0) is 38.8 Å². The molecule has 0 spiro atoms. The maximum absolute atomic E-state index is 12.9. The van der Waals surface area contributed by atoms with Crippen LogP contribution >= 0.6 is 23.4 Å². The number of rotatable bonds is 10. The Labute approximate surface area is 259 Å². The largest absolute Gasteiger partial charge is 0.598 e. The number of halogens is 1. The zero-order chi connectivity index (χ0) is 30.8. The van der Waals surface area contributed by atoms with Gasteiger partial charge in [0.1, 0.15) is 9.77 Å². The molecule has 1 N–H and O–H groups in total. The van der Waals surface area contributed by atoms with Crippen molar-refractivity contribution in [3.8, 4) is 11.1 Å². The average Bonchev–Trinajstić information content (AvgIpc) is 2.86. The summed E-state index contributed by atoms with van der Waals surface area (Å²) in [5, 5.41) is 1.42. The zero-order valence-electron chi connectivity index (χ0n) is 25.3. The number of nitrogens with zero attached hydrogens (tertiary/aromatic N) is 1. The van der Waals surface area contributed by atoms with E-state index in [9.17, 15) is 13.0 Å². The highest BCUT2D eigenvalue weighted by Gasteiger charge is 2.37. The predicted molar refractivity (Wildman–Crippen MR) is 175 cm³/mol. The van der Waals surface area contributed by atoms with Crippen LogP contribution in [0.1, 0.15) is 52.7 Å². The second-order valence-electron chi connectivity index (χ2n) is 12.6. The third kappa shape index (κ3) is 9.06. The van der Waals surface area contributed by atoms with Gasteiger partial charge in [0, 0.05) is 34.3 Å². The Bertz CT molecular complexity index is 1470. The molecular formula is C30H41ClN2O4S3Si. The Kier molecular flexibility index (Phi) is 10.9. The van der Waals surface area contributed by atoms with Crippen LogP contribution in [0, 0.1) is 0 Å². The Morgan fingerprint density at radius 2 is 1.66 bits per heavy atom. The number of hydrogen-bond acceptors (Lipinski definition) is 7. The molecule has 0 saturated carbocycles. The molecule has 1 unspecified atom stereocenters. The molecule has 2 aromatic carbocycles.